The van der Waals surface area contributed by atoms with Gasteiger partial charge in [0, 0.05) is 18.2 Å². The molecule has 0 bridgehead atoms. The monoisotopic (exact) mass is 331 g/mol. The van der Waals surface area contributed by atoms with E-state index in [2.05, 4.69) is 23.7 Å². The van der Waals surface area contributed by atoms with E-state index in [-0.39, 0.29) is 15.9 Å². The molecule has 0 saturated carbocycles. The van der Waals surface area contributed by atoms with E-state index < -0.39 is 5.82 Å². The van der Waals surface area contributed by atoms with Gasteiger partial charge in [0.2, 0.25) is 0 Å². The van der Waals surface area contributed by atoms with Gasteiger partial charge >= 0.3 is 0 Å². The molecule has 0 aliphatic carbocycles. The van der Waals surface area contributed by atoms with Crippen molar-refractivity contribution in [2.24, 2.45) is 0 Å². The topological polar surface area (TPSA) is 21.1 Å². The van der Waals surface area contributed by atoms with Crippen LogP contribution in [-0.4, -0.2) is 34.1 Å². The van der Waals surface area contributed by atoms with Gasteiger partial charge in [-0.05, 0) is 40.9 Å². The first-order valence-electron chi connectivity index (χ1n) is 6.80. The van der Waals surface area contributed by atoms with Crippen molar-refractivity contribution in [1.82, 2.24) is 14.5 Å². The Labute approximate surface area is 134 Å². The molecule has 0 amide bonds. The summed E-state index contributed by atoms with van der Waals surface area (Å²) in [5, 5.41) is -0.190. The summed E-state index contributed by atoms with van der Waals surface area (Å²) in [6.07, 6.45) is 0. The number of alkyl halides is 1. The minimum absolute atomic E-state index is 0.0767. The summed E-state index contributed by atoms with van der Waals surface area (Å²) < 4.78 is 15.8. The average molecular weight is 332 g/mol. The molecule has 0 saturated heterocycles. The van der Waals surface area contributed by atoms with Crippen LogP contribution in [0, 0.1) is 5.82 Å². The van der Waals surface area contributed by atoms with Gasteiger partial charge in [0.1, 0.15) is 11.6 Å². The highest BCUT2D eigenvalue weighted by Gasteiger charge is 2.25. The number of halogens is 3. The number of hydrogen-bond acceptors (Lipinski definition) is 2. The first-order chi connectivity index (χ1) is 9.63. The predicted molar refractivity (Wildman–Crippen MR) is 86.7 cm³/mol. The lowest BCUT2D eigenvalue weighted by atomic mass is 10.0. The predicted octanol–water partition coefficient (Wildman–Crippen LogP) is 4.47. The lowest BCUT2D eigenvalue weighted by Crippen LogP contribution is -2.42. The first-order valence-corrected chi connectivity index (χ1v) is 7.61. The molecule has 21 heavy (non-hydrogen) atoms. The Morgan fingerprint density at radius 3 is 2.52 bits per heavy atom. The van der Waals surface area contributed by atoms with Crippen LogP contribution in [0.4, 0.5) is 4.39 Å². The van der Waals surface area contributed by atoms with Crippen molar-refractivity contribution in [1.29, 1.82) is 0 Å². The first kappa shape index (κ1) is 16.5. The Kier molecular flexibility index (Phi) is 4.52. The highest BCUT2D eigenvalue weighted by Crippen LogP contribution is 2.30. The standard InChI is InChI=1S/C15H20Cl2FN3/c1-9(16)14-19-12-6-10(17)11(18)7-13(12)21(14)8-15(2,3)20(4)5/h6-7,9H,8H2,1-5H3. The number of nitrogens with zero attached hydrogens (tertiary/aromatic N) is 3. The van der Waals surface area contributed by atoms with Gasteiger partial charge in [-0.25, -0.2) is 9.37 Å². The molecule has 116 valence electrons. The van der Waals surface area contributed by atoms with Crippen molar-refractivity contribution in [3.8, 4) is 0 Å². The van der Waals surface area contributed by atoms with Crippen molar-refractivity contribution in [3.63, 3.8) is 0 Å². The number of aromatic nitrogens is 2. The van der Waals surface area contributed by atoms with Crippen molar-refractivity contribution in [3.05, 3.63) is 28.8 Å². The summed E-state index contributed by atoms with van der Waals surface area (Å²) in [4.78, 5) is 6.64. The van der Waals surface area contributed by atoms with Gasteiger partial charge in [-0.2, -0.15) is 0 Å². The van der Waals surface area contributed by atoms with E-state index >= 15 is 0 Å². The molecule has 0 spiro atoms. The van der Waals surface area contributed by atoms with Gasteiger partial charge in [-0.15, -0.1) is 11.6 Å². The second-order valence-electron chi connectivity index (χ2n) is 6.13. The Balaban J connectivity index is 2.64. The van der Waals surface area contributed by atoms with Crippen LogP contribution in [0.5, 0.6) is 0 Å². The molecule has 1 unspecified atom stereocenters. The zero-order chi connectivity index (χ0) is 15.9. The van der Waals surface area contributed by atoms with E-state index in [1.807, 2.05) is 25.6 Å². The zero-order valence-electron chi connectivity index (χ0n) is 12.9. The van der Waals surface area contributed by atoms with E-state index in [0.717, 1.165) is 5.82 Å². The SMILES string of the molecule is CC(Cl)c1nc2cc(Cl)c(F)cc2n1CC(C)(C)N(C)C. The van der Waals surface area contributed by atoms with E-state index in [4.69, 9.17) is 23.2 Å². The summed E-state index contributed by atoms with van der Waals surface area (Å²) >= 11 is 12.1. The Morgan fingerprint density at radius 1 is 1.38 bits per heavy atom. The minimum Gasteiger partial charge on any atom is -0.325 e. The molecule has 1 atom stereocenters. The summed E-state index contributed by atoms with van der Waals surface area (Å²) in [6, 6.07) is 2.98. The summed E-state index contributed by atoms with van der Waals surface area (Å²) in [6.45, 7) is 6.76. The Bertz CT molecular complexity index is 662. The number of imidazole rings is 1. The second kappa shape index (κ2) is 5.75. The normalized spacial score (nSPS) is 14.1. The molecular formula is C15H20Cl2FN3. The molecule has 2 rings (SSSR count). The van der Waals surface area contributed by atoms with Crippen molar-refractivity contribution in [2.75, 3.05) is 14.1 Å². The van der Waals surface area contributed by atoms with E-state index in [1.54, 1.807) is 6.07 Å². The fourth-order valence-electron chi connectivity index (χ4n) is 2.14. The largest absolute Gasteiger partial charge is 0.325 e. The summed E-state index contributed by atoms with van der Waals surface area (Å²) in [5.74, 6) is 0.282. The summed E-state index contributed by atoms with van der Waals surface area (Å²) in [5.41, 5.74) is 1.26. The lowest BCUT2D eigenvalue weighted by Gasteiger charge is -2.33. The zero-order valence-corrected chi connectivity index (χ0v) is 14.4. The molecule has 0 aliphatic heterocycles. The molecule has 6 heteroatoms. The number of likely N-dealkylation sites (N-methyl/N-ethyl adjacent to an activating group) is 1. The van der Waals surface area contributed by atoms with Crippen LogP contribution >= 0.6 is 23.2 Å². The third-order valence-corrected chi connectivity index (χ3v) is 4.42. The highest BCUT2D eigenvalue weighted by atomic mass is 35.5. The van der Waals surface area contributed by atoms with Crippen LogP contribution in [0.1, 0.15) is 32.0 Å². The highest BCUT2D eigenvalue weighted by molar-refractivity contribution is 6.31. The van der Waals surface area contributed by atoms with Gasteiger partial charge in [0.05, 0.1) is 21.4 Å². The van der Waals surface area contributed by atoms with E-state index in [9.17, 15) is 4.39 Å². The fourth-order valence-corrected chi connectivity index (χ4v) is 2.46. The van der Waals surface area contributed by atoms with Gasteiger partial charge in [0.25, 0.3) is 0 Å². The van der Waals surface area contributed by atoms with Crippen LogP contribution in [-0.2, 0) is 6.54 Å². The number of fused-ring (bicyclic) bond motifs is 1. The Hall–Kier alpha value is -0.840. The molecule has 1 heterocycles. The van der Waals surface area contributed by atoms with Gasteiger partial charge < -0.3 is 9.47 Å². The van der Waals surface area contributed by atoms with Crippen LogP contribution in [0.15, 0.2) is 12.1 Å². The number of hydrogen-bond donors (Lipinski definition) is 0. The molecule has 0 aliphatic rings. The van der Waals surface area contributed by atoms with Crippen molar-refractivity contribution in [2.45, 2.75) is 38.2 Å². The van der Waals surface area contributed by atoms with Crippen LogP contribution in [0.2, 0.25) is 5.02 Å². The minimum atomic E-state index is -0.443. The van der Waals surface area contributed by atoms with E-state index in [0.29, 0.717) is 17.6 Å². The smallest absolute Gasteiger partial charge is 0.144 e. The molecule has 1 aromatic carbocycles. The molecule has 0 fully saturated rings. The molecule has 1 aromatic heterocycles. The van der Waals surface area contributed by atoms with Gasteiger partial charge in [0.15, 0.2) is 0 Å². The molecule has 0 radical (unpaired) electrons. The van der Waals surface area contributed by atoms with Gasteiger partial charge in [-0.3, -0.25) is 0 Å². The molecule has 0 N–H and O–H groups in total. The van der Waals surface area contributed by atoms with Crippen LogP contribution in [0.25, 0.3) is 11.0 Å². The van der Waals surface area contributed by atoms with E-state index in [1.165, 1.54) is 6.07 Å². The number of rotatable bonds is 4. The third kappa shape index (κ3) is 3.17. The average Bonchev–Trinajstić information content (AvgIpc) is 2.68. The molecule has 3 nitrogen and oxygen atoms in total. The fraction of sp³-hybridized carbons (Fsp3) is 0.533. The third-order valence-electron chi connectivity index (χ3n) is 3.93. The van der Waals surface area contributed by atoms with Gasteiger partial charge in [-0.1, -0.05) is 11.6 Å². The van der Waals surface area contributed by atoms with Crippen molar-refractivity contribution >= 4 is 34.2 Å². The molecular weight excluding hydrogens is 312 g/mol. The van der Waals surface area contributed by atoms with Crippen LogP contribution in [0.3, 0.4) is 0 Å². The molecule has 2 aromatic rings. The Morgan fingerprint density at radius 2 is 2.00 bits per heavy atom. The second-order valence-corrected chi connectivity index (χ2v) is 7.20. The maximum Gasteiger partial charge on any atom is 0.144 e. The maximum absolute atomic E-state index is 13.8. The van der Waals surface area contributed by atoms with Crippen molar-refractivity contribution < 1.29 is 4.39 Å². The lowest BCUT2D eigenvalue weighted by molar-refractivity contribution is 0.170. The maximum atomic E-state index is 13.8. The summed E-state index contributed by atoms with van der Waals surface area (Å²) in [7, 11) is 4.03. The van der Waals surface area contributed by atoms with Crippen LogP contribution < -0.4 is 0 Å². The number of benzene rings is 1. The quantitative estimate of drug-likeness (QED) is 0.771.